The van der Waals surface area contributed by atoms with Crippen molar-refractivity contribution in [2.45, 2.75) is 13.8 Å². The number of nitrogen functional groups attached to an aromatic ring is 1. The number of aryl methyl sites for hydroxylation is 2. The van der Waals surface area contributed by atoms with Gasteiger partial charge in [0.1, 0.15) is 17.3 Å². The second-order valence-corrected chi connectivity index (χ2v) is 4.63. The van der Waals surface area contributed by atoms with Crippen molar-refractivity contribution < 1.29 is 9.13 Å². The van der Waals surface area contributed by atoms with Crippen LogP contribution in [0.5, 0.6) is 11.5 Å². The van der Waals surface area contributed by atoms with Crippen LogP contribution in [0.4, 0.5) is 10.1 Å². The van der Waals surface area contributed by atoms with Crippen molar-refractivity contribution in [1.29, 1.82) is 0 Å². The zero-order valence-corrected chi connectivity index (χ0v) is 10.9. The molecule has 0 saturated heterocycles. The Labute approximate surface area is 110 Å². The van der Waals surface area contributed by atoms with E-state index in [1.165, 1.54) is 12.1 Å². The molecule has 0 bridgehead atoms. The van der Waals surface area contributed by atoms with Crippen LogP contribution < -0.4 is 10.5 Å². The van der Waals surface area contributed by atoms with Gasteiger partial charge in [-0.3, -0.25) is 0 Å². The predicted molar refractivity (Wildman–Crippen MR) is 71.8 cm³/mol. The van der Waals surface area contributed by atoms with Gasteiger partial charge >= 0.3 is 0 Å². The highest BCUT2D eigenvalue weighted by Crippen LogP contribution is 2.32. The topological polar surface area (TPSA) is 35.2 Å². The third-order valence-corrected chi connectivity index (χ3v) is 2.76. The second kappa shape index (κ2) is 4.86. The first kappa shape index (κ1) is 12.7. The average Bonchev–Trinajstić information content (AvgIpc) is 2.22. The fraction of sp³-hybridized carbons (Fsp3) is 0.143. The molecule has 94 valence electrons. The van der Waals surface area contributed by atoms with E-state index in [2.05, 4.69) is 0 Å². The number of benzene rings is 2. The highest BCUT2D eigenvalue weighted by atomic mass is 35.5. The normalized spacial score (nSPS) is 10.4. The summed E-state index contributed by atoms with van der Waals surface area (Å²) in [6.45, 7) is 3.77. The average molecular weight is 266 g/mol. The van der Waals surface area contributed by atoms with Gasteiger partial charge < -0.3 is 10.5 Å². The Morgan fingerprint density at radius 2 is 1.67 bits per heavy atom. The maximum Gasteiger partial charge on any atom is 0.133 e. The molecule has 0 heterocycles. The molecule has 0 saturated carbocycles. The Bertz CT molecular complexity index is 555. The summed E-state index contributed by atoms with van der Waals surface area (Å²) >= 11 is 5.94. The third kappa shape index (κ3) is 2.74. The van der Waals surface area contributed by atoms with E-state index in [1.54, 1.807) is 18.2 Å². The zero-order valence-electron chi connectivity index (χ0n) is 10.1. The fourth-order valence-electron chi connectivity index (χ4n) is 1.82. The molecule has 0 radical (unpaired) electrons. The maximum absolute atomic E-state index is 13.2. The van der Waals surface area contributed by atoms with E-state index in [0.717, 1.165) is 11.1 Å². The molecule has 0 amide bonds. The lowest BCUT2D eigenvalue weighted by Gasteiger charge is -2.12. The molecular weight excluding hydrogens is 253 g/mol. The second-order valence-electron chi connectivity index (χ2n) is 4.19. The first-order valence-electron chi connectivity index (χ1n) is 5.46. The summed E-state index contributed by atoms with van der Waals surface area (Å²) in [5.41, 5.74) is 7.68. The van der Waals surface area contributed by atoms with E-state index < -0.39 is 5.82 Å². The van der Waals surface area contributed by atoms with E-state index >= 15 is 0 Å². The molecule has 0 aromatic heterocycles. The van der Waals surface area contributed by atoms with Gasteiger partial charge in [-0.15, -0.1) is 0 Å². The molecule has 2 aromatic carbocycles. The van der Waals surface area contributed by atoms with Crippen molar-refractivity contribution in [2.24, 2.45) is 0 Å². The van der Waals surface area contributed by atoms with E-state index in [4.69, 9.17) is 22.1 Å². The lowest BCUT2D eigenvalue weighted by atomic mass is 10.1. The molecule has 2 nitrogen and oxygen atoms in total. The van der Waals surface area contributed by atoms with Crippen molar-refractivity contribution in [2.75, 3.05) is 5.73 Å². The van der Waals surface area contributed by atoms with Crippen LogP contribution in [0.1, 0.15) is 11.1 Å². The van der Waals surface area contributed by atoms with Gasteiger partial charge in [0.2, 0.25) is 0 Å². The summed E-state index contributed by atoms with van der Waals surface area (Å²) in [5.74, 6) is 0.625. The molecule has 2 rings (SSSR count). The molecule has 18 heavy (non-hydrogen) atoms. The lowest BCUT2D eigenvalue weighted by Crippen LogP contribution is -1.94. The quantitative estimate of drug-likeness (QED) is 0.813. The number of halogens is 2. The van der Waals surface area contributed by atoms with Crippen LogP contribution in [0.15, 0.2) is 30.3 Å². The zero-order chi connectivity index (χ0) is 13.3. The molecule has 0 aliphatic heterocycles. The Hall–Kier alpha value is -1.74. The summed E-state index contributed by atoms with van der Waals surface area (Å²) in [7, 11) is 0. The van der Waals surface area contributed by atoms with E-state index in [0.29, 0.717) is 22.2 Å². The molecule has 0 fully saturated rings. The standard InChI is InChI=1S/C14H13ClFNO/c1-8-3-10(15)4-9(2)14(8)18-13-6-11(16)5-12(17)7-13/h3-7H,17H2,1-2H3. The van der Waals surface area contributed by atoms with Crippen LogP contribution in [0, 0.1) is 19.7 Å². The van der Waals surface area contributed by atoms with Gasteiger partial charge in [-0.05, 0) is 43.2 Å². The minimum Gasteiger partial charge on any atom is -0.457 e. The number of ether oxygens (including phenoxy) is 1. The van der Waals surface area contributed by atoms with Crippen molar-refractivity contribution in [1.82, 2.24) is 0 Å². The summed E-state index contributed by atoms with van der Waals surface area (Å²) < 4.78 is 18.9. The van der Waals surface area contributed by atoms with Crippen LogP contribution in [0.2, 0.25) is 5.02 Å². The molecule has 0 atom stereocenters. The van der Waals surface area contributed by atoms with Crippen LogP contribution >= 0.6 is 11.6 Å². The minimum atomic E-state index is -0.422. The fourth-order valence-corrected chi connectivity index (χ4v) is 2.15. The molecule has 2 N–H and O–H groups in total. The molecule has 0 aliphatic carbocycles. The van der Waals surface area contributed by atoms with Crippen molar-refractivity contribution in [3.63, 3.8) is 0 Å². The van der Waals surface area contributed by atoms with E-state index in [-0.39, 0.29) is 0 Å². The van der Waals surface area contributed by atoms with Crippen molar-refractivity contribution >= 4 is 17.3 Å². The van der Waals surface area contributed by atoms with Gasteiger partial charge in [-0.2, -0.15) is 0 Å². The number of rotatable bonds is 2. The van der Waals surface area contributed by atoms with Gasteiger partial charge in [0, 0.05) is 22.8 Å². The summed E-state index contributed by atoms with van der Waals surface area (Å²) in [5, 5.41) is 0.649. The smallest absolute Gasteiger partial charge is 0.133 e. The van der Waals surface area contributed by atoms with E-state index in [1.807, 2.05) is 13.8 Å². The van der Waals surface area contributed by atoms with Crippen LogP contribution in [0.25, 0.3) is 0 Å². The summed E-state index contributed by atoms with van der Waals surface area (Å²) in [4.78, 5) is 0. The van der Waals surface area contributed by atoms with Crippen LogP contribution in [-0.4, -0.2) is 0 Å². The largest absolute Gasteiger partial charge is 0.457 e. The Kier molecular flexibility index (Phi) is 3.43. The van der Waals surface area contributed by atoms with Gasteiger partial charge in [-0.1, -0.05) is 11.6 Å². The third-order valence-electron chi connectivity index (χ3n) is 2.54. The van der Waals surface area contributed by atoms with Gasteiger partial charge in [-0.25, -0.2) is 4.39 Å². The molecule has 0 spiro atoms. The molecular formula is C14H13ClFNO. The highest BCUT2D eigenvalue weighted by molar-refractivity contribution is 6.30. The van der Waals surface area contributed by atoms with Crippen LogP contribution in [-0.2, 0) is 0 Å². The van der Waals surface area contributed by atoms with Crippen LogP contribution in [0.3, 0.4) is 0 Å². The molecule has 4 heteroatoms. The number of nitrogens with two attached hydrogens (primary N) is 1. The first-order valence-corrected chi connectivity index (χ1v) is 5.84. The maximum atomic E-state index is 13.2. The molecule has 0 unspecified atom stereocenters. The lowest BCUT2D eigenvalue weighted by molar-refractivity contribution is 0.470. The van der Waals surface area contributed by atoms with Gasteiger partial charge in [0.15, 0.2) is 0 Å². The number of hydrogen-bond acceptors (Lipinski definition) is 2. The van der Waals surface area contributed by atoms with E-state index in [9.17, 15) is 4.39 Å². The number of hydrogen-bond donors (Lipinski definition) is 1. The van der Waals surface area contributed by atoms with Crippen molar-refractivity contribution in [3.05, 3.63) is 52.3 Å². The molecule has 0 aliphatic rings. The molecule has 2 aromatic rings. The van der Waals surface area contributed by atoms with Gasteiger partial charge in [0.05, 0.1) is 0 Å². The monoisotopic (exact) mass is 265 g/mol. The van der Waals surface area contributed by atoms with Crippen molar-refractivity contribution in [3.8, 4) is 11.5 Å². The van der Waals surface area contributed by atoms with Gasteiger partial charge in [0.25, 0.3) is 0 Å². The SMILES string of the molecule is Cc1cc(Cl)cc(C)c1Oc1cc(N)cc(F)c1. The predicted octanol–water partition coefficient (Wildman–Crippen LogP) is 4.47. The Morgan fingerprint density at radius 1 is 1.06 bits per heavy atom. The Balaban J connectivity index is 2.40. The summed E-state index contributed by atoms with van der Waals surface area (Å²) in [6, 6.07) is 7.72. The number of anilines is 1. The minimum absolute atomic E-state index is 0.328. The Morgan fingerprint density at radius 3 is 2.22 bits per heavy atom. The first-order chi connectivity index (χ1) is 8.45. The highest BCUT2D eigenvalue weighted by Gasteiger charge is 2.08. The summed E-state index contributed by atoms with van der Waals surface area (Å²) in [6.07, 6.45) is 0.